The number of rotatable bonds is 4. The Morgan fingerprint density at radius 2 is 2.17 bits per heavy atom. The highest BCUT2D eigenvalue weighted by molar-refractivity contribution is 5.79. The predicted molar refractivity (Wildman–Crippen MR) is 70.4 cm³/mol. The normalized spacial score (nSPS) is 17.1. The summed E-state index contributed by atoms with van der Waals surface area (Å²) in [6.07, 6.45) is 0.372. The zero-order valence-corrected chi connectivity index (χ0v) is 10.9. The summed E-state index contributed by atoms with van der Waals surface area (Å²) in [5, 5.41) is 15.6. The van der Waals surface area contributed by atoms with Crippen molar-refractivity contribution in [2.24, 2.45) is 0 Å². The highest BCUT2D eigenvalue weighted by Crippen LogP contribution is 2.12. The lowest BCUT2D eigenvalue weighted by molar-refractivity contribution is -0.122. The van der Waals surface area contributed by atoms with Crippen molar-refractivity contribution in [3.63, 3.8) is 0 Å². The van der Waals surface area contributed by atoms with Gasteiger partial charge in [0.15, 0.2) is 0 Å². The molecule has 0 radical (unpaired) electrons. The van der Waals surface area contributed by atoms with Gasteiger partial charge in [0.1, 0.15) is 5.60 Å². The van der Waals surface area contributed by atoms with Crippen molar-refractivity contribution in [2.45, 2.75) is 25.9 Å². The van der Waals surface area contributed by atoms with Gasteiger partial charge in [-0.05, 0) is 25.0 Å². The van der Waals surface area contributed by atoms with Crippen LogP contribution in [0.2, 0.25) is 0 Å². The fourth-order valence-electron chi connectivity index (χ4n) is 2.03. The van der Waals surface area contributed by atoms with Gasteiger partial charge in [0.2, 0.25) is 5.91 Å². The first kappa shape index (κ1) is 13.1. The lowest BCUT2D eigenvalue weighted by Crippen LogP contribution is -2.64. The third kappa shape index (κ3) is 3.09. The predicted octanol–water partition coefficient (Wildman–Crippen LogP) is 0.296. The van der Waals surface area contributed by atoms with E-state index in [4.69, 9.17) is 0 Å². The number of hydrogen-bond donors (Lipinski definition) is 3. The molecule has 1 heterocycles. The molecule has 2 rings (SSSR count). The number of benzene rings is 1. The lowest BCUT2D eigenvalue weighted by atomic mass is 9.97. The van der Waals surface area contributed by atoms with E-state index in [1.54, 1.807) is 0 Å². The van der Waals surface area contributed by atoms with E-state index in [1.165, 1.54) is 0 Å². The molecule has 0 bridgehead atoms. The van der Waals surface area contributed by atoms with Crippen molar-refractivity contribution in [3.8, 4) is 0 Å². The number of aryl methyl sites for hydroxylation is 2. The summed E-state index contributed by atoms with van der Waals surface area (Å²) in [5.41, 5.74) is 2.58. The molecule has 0 unspecified atom stereocenters. The Hall–Kier alpha value is -1.39. The summed E-state index contributed by atoms with van der Waals surface area (Å²) >= 11 is 0. The second-order valence-corrected chi connectivity index (χ2v) is 5.21. The highest BCUT2D eigenvalue weighted by atomic mass is 16.3. The van der Waals surface area contributed by atoms with E-state index >= 15 is 0 Å². The molecule has 0 spiro atoms. The van der Waals surface area contributed by atoms with Gasteiger partial charge in [-0.2, -0.15) is 0 Å². The van der Waals surface area contributed by atoms with Gasteiger partial charge in [0.05, 0.1) is 6.42 Å². The number of β-amino-alcohol motifs (C(OH)–C–C–N with tert-alkyl or cyclic N) is 1. The third-order valence-electron chi connectivity index (χ3n) is 3.38. The van der Waals surface area contributed by atoms with E-state index in [0.29, 0.717) is 26.1 Å². The average molecular weight is 248 g/mol. The van der Waals surface area contributed by atoms with Crippen LogP contribution >= 0.6 is 0 Å². The largest absolute Gasteiger partial charge is 0.385 e. The van der Waals surface area contributed by atoms with E-state index in [2.05, 4.69) is 10.6 Å². The molecule has 1 aliphatic rings. The maximum atomic E-state index is 11.8. The highest BCUT2D eigenvalue weighted by Gasteiger charge is 2.34. The van der Waals surface area contributed by atoms with Crippen LogP contribution in [0.5, 0.6) is 0 Å². The maximum absolute atomic E-state index is 11.8. The summed E-state index contributed by atoms with van der Waals surface area (Å²) in [5.74, 6) is -0.0379. The molecule has 98 valence electrons. The van der Waals surface area contributed by atoms with Crippen molar-refractivity contribution >= 4 is 5.91 Å². The Labute approximate surface area is 107 Å². The number of carbonyl (C=O) groups is 1. The summed E-state index contributed by atoms with van der Waals surface area (Å²) < 4.78 is 0. The number of amides is 1. The van der Waals surface area contributed by atoms with E-state index in [9.17, 15) is 9.90 Å². The molecule has 18 heavy (non-hydrogen) atoms. The monoisotopic (exact) mass is 248 g/mol. The Morgan fingerprint density at radius 1 is 1.44 bits per heavy atom. The summed E-state index contributed by atoms with van der Waals surface area (Å²) in [6, 6.07) is 6.11. The maximum Gasteiger partial charge on any atom is 0.224 e. The molecular weight excluding hydrogens is 228 g/mol. The van der Waals surface area contributed by atoms with Crippen LogP contribution in [0.3, 0.4) is 0 Å². The molecule has 0 aromatic heterocycles. The van der Waals surface area contributed by atoms with Crippen LogP contribution < -0.4 is 10.6 Å². The fourth-order valence-corrected chi connectivity index (χ4v) is 2.03. The molecule has 1 aliphatic heterocycles. The first-order chi connectivity index (χ1) is 8.48. The van der Waals surface area contributed by atoms with Crippen LogP contribution in [0, 0.1) is 13.8 Å². The minimum absolute atomic E-state index is 0.0379. The Balaban J connectivity index is 1.88. The zero-order chi connectivity index (χ0) is 13.2. The SMILES string of the molecule is Cc1ccc(C)c(CC(=O)NCC2(O)CNC2)c1. The van der Waals surface area contributed by atoms with Crippen LogP contribution in [-0.2, 0) is 11.2 Å². The van der Waals surface area contributed by atoms with Crippen molar-refractivity contribution < 1.29 is 9.90 Å². The van der Waals surface area contributed by atoms with Crippen molar-refractivity contribution in [2.75, 3.05) is 19.6 Å². The van der Waals surface area contributed by atoms with Crippen LogP contribution in [0.15, 0.2) is 18.2 Å². The Kier molecular flexibility index (Phi) is 3.68. The van der Waals surface area contributed by atoms with Gasteiger partial charge < -0.3 is 15.7 Å². The summed E-state index contributed by atoms with van der Waals surface area (Å²) in [6.45, 7) is 5.45. The first-order valence-corrected chi connectivity index (χ1v) is 6.24. The average Bonchev–Trinajstić information content (AvgIpc) is 2.29. The van der Waals surface area contributed by atoms with Gasteiger partial charge in [-0.3, -0.25) is 4.79 Å². The van der Waals surface area contributed by atoms with E-state index in [1.807, 2.05) is 32.0 Å². The molecule has 4 nitrogen and oxygen atoms in total. The first-order valence-electron chi connectivity index (χ1n) is 6.24. The second-order valence-electron chi connectivity index (χ2n) is 5.21. The molecule has 1 aromatic rings. The quantitative estimate of drug-likeness (QED) is 0.718. The van der Waals surface area contributed by atoms with Crippen LogP contribution in [0.4, 0.5) is 0 Å². The number of hydrogen-bond acceptors (Lipinski definition) is 3. The van der Waals surface area contributed by atoms with Crippen LogP contribution in [-0.4, -0.2) is 36.2 Å². The number of aliphatic hydroxyl groups is 1. The van der Waals surface area contributed by atoms with Crippen LogP contribution in [0.1, 0.15) is 16.7 Å². The molecule has 0 saturated carbocycles. The molecule has 1 fully saturated rings. The number of nitrogens with one attached hydrogen (secondary N) is 2. The minimum atomic E-state index is -0.753. The van der Waals surface area contributed by atoms with Gasteiger partial charge in [-0.15, -0.1) is 0 Å². The lowest BCUT2D eigenvalue weighted by Gasteiger charge is -2.37. The summed E-state index contributed by atoms with van der Waals surface area (Å²) in [7, 11) is 0. The molecular formula is C14H20N2O2. The molecule has 0 atom stereocenters. The van der Waals surface area contributed by atoms with Crippen molar-refractivity contribution in [3.05, 3.63) is 34.9 Å². The molecule has 3 N–H and O–H groups in total. The van der Waals surface area contributed by atoms with E-state index in [-0.39, 0.29) is 5.91 Å². The summed E-state index contributed by atoms with van der Waals surface area (Å²) in [4.78, 5) is 11.8. The Bertz CT molecular complexity index is 453. The second kappa shape index (κ2) is 5.08. The van der Waals surface area contributed by atoms with Gasteiger partial charge in [-0.1, -0.05) is 23.8 Å². The van der Waals surface area contributed by atoms with Crippen LogP contribution in [0.25, 0.3) is 0 Å². The smallest absolute Gasteiger partial charge is 0.224 e. The minimum Gasteiger partial charge on any atom is -0.385 e. The van der Waals surface area contributed by atoms with Gasteiger partial charge in [0.25, 0.3) is 0 Å². The van der Waals surface area contributed by atoms with Gasteiger partial charge in [0, 0.05) is 19.6 Å². The van der Waals surface area contributed by atoms with Crippen molar-refractivity contribution in [1.82, 2.24) is 10.6 Å². The molecule has 0 aliphatic carbocycles. The number of carbonyl (C=O) groups excluding carboxylic acids is 1. The molecule has 1 amide bonds. The molecule has 1 saturated heterocycles. The molecule has 1 aromatic carbocycles. The topological polar surface area (TPSA) is 61.4 Å². The van der Waals surface area contributed by atoms with Gasteiger partial charge in [-0.25, -0.2) is 0 Å². The Morgan fingerprint density at radius 3 is 2.78 bits per heavy atom. The zero-order valence-electron chi connectivity index (χ0n) is 10.9. The van der Waals surface area contributed by atoms with E-state index < -0.39 is 5.60 Å². The standard InChI is InChI=1S/C14H20N2O2/c1-10-3-4-11(2)12(5-10)6-13(17)16-9-14(18)7-15-8-14/h3-5,15,18H,6-9H2,1-2H3,(H,16,17). The van der Waals surface area contributed by atoms with Gasteiger partial charge >= 0.3 is 0 Å². The fraction of sp³-hybridized carbons (Fsp3) is 0.500. The third-order valence-corrected chi connectivity index (χ3v) is 3.38. The van der Waals surface area contributed by atoms with E-state index in [0.717, 1.165) is 16.7 Å². The molecule has 4 heteroatoms. The van der Waals surface area contributed by atoms with Crippen molar-refractivity contribution in [1.29, 1.82) is 0 Å².